The zero-order valence-corrected chi connectivity index (χ0v) is 13.4. The van der Waals surface area contributed by atoms with Gasteiger partial charge in [-0.15, -0.1) is 12.4 Å². The summed E-state index contributed by atoms with van der Waals surface area (Å²) in [4.78, 5) is 13.3. The first-order chi connectivity index (χ1) is 9.94. The summed E-state index contributed by atoms with van der Waals surface area (Å²) in [6.45, 7) is 1.73. The van der Waals surface area contributed by atoms with E-state index in [-0.39, 0.29) is 24.4 Å². The highest BCUT2D eigenvalue weighted by molar-refractivity contribution is 5.85. The van der Waals surface area contributed by atoms with Gasteiger partial charge in [-0.2, -0.15) is 13.2 Å². The summed E-state index contributed by atoms with van der Waals surface area (Å²) in [6.07, 6.45) is 0.256. The van der Waals surface area contributed by atoms with E-state index in [1.54, 1.807) is 0 Å². The minimum atomic E-state index is -4.10. The van der Waals surface area contributed by atoms with Crippen molar-refractivity contribution in [1.29, 1.82) is 0 Å². The third kappa shape index (κ3) is 6.71. The number of piperidine rings is 1. The minimum Gasteiger partial charge on any atom is -0.355 e. The molecule has 2 heterocycles. The molecule has 1 atom stereocenters. The highest BCUT2D eigenvalue weighted by Crippen LogP contribution is 2.23. The molecular formula is C14H25ClF3N3O. The quantitative estimate of drug-likeness (QED) is 0.802. The van der Waals surface area contributed by atoms with E-state index in [1.165, 1.54) is 4.90 Å². The number of hydrogen-bond acceptors (Lipinski definition) is 3. The molecule has 0 bridgehead atoms. The first kappa shape index (κ1) is 19.5. The summed E-state index contributed by atoms with van der Waals surface area (Å²) in [6, 6.07) is -0.0568. The average Bonchev–Trinajstić information content (AvgIpc) is 2.93. The van der Waals surface area contributed by atoms with Crippen LogP contribution < -0.4 is 10.6 Å². The smallest absolute Gasteiger partial charge is 0.355 e. The Hall–Kier alpha value is -0.530. The molecule has 2 N–H and O–H groups in total. The molecule has 0 unspecified atom stereocenters. The molecule has 0 spiro atoms. The monoisotopic (exact) mass is 343 g/mol. The molecule has 2 rings (SSSR count). The summed E-state index contributed by atoms with van der Waals surface area (Å²) in [5, 5.41) is 6.07. The lowest BCUT2D eigenvalue weighted by Crippen LogP contribution is -2.42. The van der Waals surface area contributed by atoms with Crippen LogP contribution in [-0.2, 0) is 4.79 Å². The van der Waals surface area contributed by atoms with Crippen molar-refractivity contribution in [2.24, 2.45) is 5.92 Å². The lowest BCUT2D eigenvalue weighted by atomic mass is 9.93. The Morgan fingerprint density at radius 3 is 2.45 bits per heavy atom. The highest BCUT2D eigenvalue weighted by Gasteiger charge is 2.32. The number of hydrogen-bond donors (Lipinski definition) is 2. The first-order valence-electron chi connectivity index (χ1n) is 7.74. The van der Waals surface area contributed by atoms with E-state index in [4.69, 9.17) is 0 Å². The Kier molecular flexibility index (Phi) is 7.93. The van der Waals surface area contributed by atoms with Gasteiger partial charge in [0.05, 0.1) is 12.6 Å². The van der Waals surface area contributed by atoms with Gasteiger partial charge >= 0.3 is 6.18 Å². The predicted octanol–water partition coefficient (Wildman–Crippen LogP) is 1.94. The van der Waals surface area contributed by atoms with Crippen molar-refractivity contribution in [3.63, 3.8) is 0 Å². The summed E-state index contributed by atoms with van der Waals surface area (Å²) < 4.78 is 36.8. The van der Waals surface area contributed by atoms with Crippen LogP contribution in [0.15, 0.2) is 0 Å². The molecule has 0 saturated carbocycles. The van der Waals surface area contributed by atoms with Gasteiger partial charge in [0, 0.05) is 6.54 Å². The fourth-order valence-corrected chi connectivity index (χ4v) is 3.12. The molecule has 8 heteroatoms. The van der Waals surface area contributed by atoms with E-state index in [1.807, 2.05) is 0 Å². The van der Waals surface area contributed by atoms with Gasteiger partial charge in [-0.05, 0) is 57.7 Å². The third-order valence-electron chi connectivity index (χ3n) is 4.34. The maximum absolute atomic E-state index is 12.3. The van der Waals surface area contributed by atoms with Gasteiger partial charge in [-0.25, -0.2) is 0 Å². The number of alkyl halides is 3. The Balaban J connectivity index is 0.00000242. The van der Waals surface area contributed by atoms with Crippen LogP contribution >= 0.6 is 12.4 Å². The summed E-state index contributed by atoms with van der Waals surface area (Å²) >= 11 is 0. The van der Waals surface area contributed by atoms with Crippen molar-refractivity contribution in [1.82, 2.24) is 15.5 Å². The van der Waals surface area contributed by atoms with Gasteiger partial charge in [0.15, 0.2) is 0 Å². The Morgan fingerprint density at radius 2 is 1.91 bits per heavy atom. The van der Waals surface area contributed by atoms with Crippen LogP contribution in [0.2, 0.25) is 0 Å². The van der Waals surface area contributed by atoms with Gasteiger partial charge in [0.25, 0.3) is 0 Å². The minimum absolute atomic E-state index is 0. The molecule has 22 heavy (non-hydrogen) atoms. The van der Waals surface area contributed by atoms with Crippen molar-refractivity contribution in [2.75, 3.05) is 32.7 Å². The van der Waals surface area contributed by atoms with Gasteiger partial charge in [-0.1, -0.05) is 0 Å². The van der Waals surface area contributed by atoms with Crippen LogP contribution in [0, 0.1) is 5.92 Å². The second-order valence-electron chi connectivity index (χ2n) is 6.06. The predicted molar refractivity (Wildman–Crippen MR) is 81.1 cm³/mol. The maximum Gasteiger partial charge on any atom is 0.401 e. The molecule has 4 nitrogen and oxygen atoms in total. The highest BCUT2D eigenvalue weighted by atomic mass is 35.5. The molecule has 2 aliphatic heterocycles. The van der Waals surface area contributed by atoms with Crippen LogP contribution in [0.4, 0.5) is 13.2 Å². The van der Waals surface area contributed by atoms with E-state index >= 15 is 0 Å². The zero-order valence-electron chi connectivity index (χ0n) is 12.6. The molecule has 0 aliphatic carbocycles. The number of likely N-dealkylation sites (tertiary alicyclic amines) is 1. The van der Waals surface area contributed by atoms with Gasteiger partial charge in [0.1, 0.15) is 0 Å². The SMILES string of the molecule is Cl.O=C(NCCC1CCN(CC(F)(F)F)CC1)[C@@H]1CCCN1. The van der Waals surface area contributed by atoms with Crippen molar-refractivity contribution in [2.45, 2.75) is 44.3 Å². The maximum atomic E-state index is 12.3. The van der Waals surface area contributed by atoms with Crippen LogP contribution in [0.25, 0.3) is 0 Å². The molecule has 2 saturated heterocycles. The number of amides is 1. The molecule has 130 valence electrons. The van der Waals surface area contributed by atoms with E-state index < -0.39 is 12.7 Å². The standard InChI is InChI=1S/C14H24F3N3O.ClH/c15-14(16,17)10-20-8-4-11(5-9-20)3-7-19-13(21)12-2-1-6-18-12;/h11-12,18H,1-10H2,(H,19,21);1H/t12-;/m0./s1. The van der Waals surface area contributed by atoms with E-state index in [2.05, 4.69) is 10.6 Å². The molecule has 0 aromatic heterocycles. The number of carbonyl (C=O) groups is 1. The van der Waals surface area contributed by atoms with Gasteiger partial charge < -0.3 is 10.6 Å². The van der Waals surface area contributed by atoms with E-state index in [9.17, 15) is 18.0 Å². The molecule has 2 aliphatic rings. The number of nitrogens with one attached hydrogen (secondary N) is 2. The third-order valence-corrected chi connectivity index (χ3v) is 4.34. The molecule has 0 radical (unpaired) electrons. The fraction of sp³-hybridized carbons (Fsp3) is 0.929. The van der Waals surface area contributed by atoms with Crippen molar-refractivity contribution >= 4 is 18.3 Å². The van der Waals surface area contributed by atoms with E-state index in [0.29, 0.717) is 25.6 Å². The molecule has 0 aromatic rings. The van der Waals surface area contributed by atoms with Crippen LogP contribution in [0.3, 0.4) is 0 Å². The van der Waals surface area contributed by atoms with Crippen LogP contribution in [-0.4, -0.2) is 55.7 Å². The second kappa shape index (κ2) is 8.93. The van der Waals surface area contributed by atoms with E-state index in [0.717, 1.165) is 38.6 Å². The molecule has 2 fully saturated rings. The number of rotatable bonds is 5. The number of halogens is 4. The van der Waals surface area contributed by atoms with Crippen molar-refractivity contribution in [3.8, 4) is 0 Å². The number of nitrogens with zero attached hydrogens (tertiary/aromatic N) is 1. The normalized spacial score (nSPS) is 24.0. The fourth-order valence-electron chi connectivity index (χ4n) is 3.12. The van der Waals surface area contributed by atoms with Crippen molar-refractivity contribution in [3.05, 3.63) is 0 Å². The van der Waals surface area contributed by atoms with Crippen LogP contribution in [0.1, 0.15) is 32.1 Å². The van der Waals surface area contributed by atoms with Gasteiger partial charge in [-0.3, -0.25) is 9.69 Å². The lowest BCUT2D eigenvalue weighted by Gasteiger charge is -2.32. The summed E-state index contributed by atoms with van der Waals surface area (Å²) in [5.41, 5.74) is 0. The topological polar surface area (TPSA) is 44.4 Å². The summed E-state index contributed by atoms with van der Waals surface area (Å²) in [7, 11) is 0. The van der Waals surface area contributed by atoms with Crippen LogP contribution in [0.5, 0.6) is 0 Å². The molecule has 1 amide bonds. The average molecular weight is 344 g/mol. The Bertz CT molecular complexity index is 341. The second-order valence-corrected chi connectivity index (χ2v) is 6.06. The lowest BCUT2D eigenvalue weighted by molar-refractivity contribution is -0.148. The van der Waals surface area contributed by atoms with Crippen molar-refractivity contribution < 1.29 is 18.0 Å². The first-order valence-corrected chi connectivity index (χ1v) is 7.74. The molecular weight excluding hydrogens is 319 g/mol. The number of carbonyl (C=O) groups excluding carboxylic acids is 1. The molecule has 0 aromatic carbocycles. The summed E-state index contributed by atoms with van der Waals surface area (Å²) in [5.74, 6) is 0.480. The van der Waals surface area contributed by atoms with Gasteiger partial charge in [0.2, 0.25) is 5.91 Å². The Morgan fingerprint density at radius 1 is 1.23 bits per heavy atom. The zero-order chi connectivity index (χ0) is 15.3. The Labute approximate surface area is 135 Å². The largest absolute Gasteiger partial charge is 0.401 e.